The number of carbonyl (C=O) groups excluding carboxylic acids is 2. The molecule has 0 unspecified atom stereocenters. The quantitative estimate of drug-likeness (QED) is 0.505. The average molecular weight is 475 g/mol. The van der Waals surface area contributed by atoms with E-state index in [-0.39, 0.29) is 17.9 Å². The third kappa shape index (κ3) is 5.63. The fraction of sp³-hybridized carbons (Fsp3) is 0.357. The van der Waals surface area contributed by atoms with Crippen molar-refractivity contribution in [1.82, 2.24) is 10.6 Å². The molecular weight excluding hydrogens is 444 g/mol. The molecule has 2 amide bonds. The van der Waals surface area contributed by atoms with Gasteiger partial charge in [-0.3, -0.25) is 9.59 Å². The first-order valence-electron chi connectivity index (χ1n) is 12.2. The van der Waals surface area contributed by atoms with E-state index >= 15 is 0 Å². The molecule has 7 heteroatoms. The van der Waals surface area contributed by atoms with Crippen LogP contribution in [0.3, 0.4) is 0 Å². The third-order valence-electron chi connectivity index (χ3n) is 6.64. The van der Waals surface area contributed by atoms with E-state index in [1.54, 1.807) is 12.1 Å². The maximum atomic E-state index is 12.5. The van der Waals surface area contributed by atoms with E-state index < -0.39 is 5.79 Å². The number of hydrogen-bond donors (Lipinski definition) is 2. The van der Waals surface area contributed by atoms with E-state index in [0.29, 0.717) is 37.4 Å². The van der Waals surface area contributed by atoms with E-state index in [0.717, 1.165) is 42.2 Å². The predicted octanol–water partition coefficient (Wildman–Crippen LogP) is 4.06. The van der Waals surface area contributed by atoms with Gasteiger partial charge in [0.25, 0.3) is 11.8 Å². The summed E-state index contributed by atoms with van der Waals surface area (Å²) in [5.74, 6) is 0.00719. The molecule has 0 aromatic heterocycles. The van der Waals surface area contributed by atoms with Crippen molar-refractivity contribution in [3.8, 4) is 5.75 Å². The molecule has 3 aromatic carbocycles. The minimum absolute atomic E-state index is 0.124. The van der Waals surface area contributed by atoms with Crippen molar-refractivity contribution in [2.24, 2.45) is 0 Å². The first kappa shape index (κ1) is 23.3. The van der Waals surface area contributed by atoms with Crippen LogP contribution < -0.4 is 15.4 Å². The summed E-state index contributed by atoms with van der Waals surface area (Å²) in [5.41, 5.74) is 1.15. The average Bonchev–Trinajstić information content (AvgIpc) is 3.36. The van der Waals surface area contributed by atoms with Gasteiger partial charge in [0.15, 0.2) is 5.79 Å². The molecule has 3 aromatic rings. The molecular formula is C28H30N2O5. The number of carbonyl (C=O) groups is 2. The fourth-order valence-corrected chi connectivity index (χ4v) is 4.70. The Labute approximate surface area is 204 Å². The van der Waals surface area contributed by atoms with Gasteiger partial charge in [0.2, 0.25) is 0 Å². The molecule has 2 fully saturated rings. The molecule has 1 spiro atoms. The van der Waals surface area contributed by atoms with E-state index in [4.69, 9.17) is 14.2 Å². The second kappa shape index (κ2) is 10.5. The van der Waals surface area contributed by atoms with Crippen molar-refractivity contribution in [2.75, 3.05) is 26.3 Å². The highest BCUT2D eigenvalue weighted by Crippen LogP contribution is 2.37. The highest BCUT2D eigenvalue weighted by atomic mass is 16.7. The van der Waals surface area contributed by atoms with Gasteiger partial charge >= 0.3 is 0 Å². The molecule has 1 aliphatic heterocycles. The van der Waals surface area contributed by atoms with E-state index in [2.05, 4.69) is 10.6 Å². The van der Waals surface area contributed by atoms with Crippen LogP contribution in [-0.2, 0) is 9.47 Å². The first-order valence-corrected chi connectivity index (χ1v) is 12.2. The zero-order valence-electron chi connectivity index (χ0n) is 19.6. The fourth-order valence-electron chi connectivity index (χ4n) is 4.70. The number of hydrogen-bond acceptors (Lipinski definition) is 5. The van der Waals surface area contributed by atoms with E-state index in [1.165, 1.54) is 0 Å². The molecule has 182 valence electrons. The Bertz CT molecular complexity index is 1180. The Morgan fingerprint density at radius 2 is 1.40 bits per heavy atom. The van der Waals surface area contributed by atoms with Gasteiger partial charge in [-0.15, -0.1) is 0 Å². The Hall–Kier alpha value is -3.42. The van der Waals surface area contributed by atoms with Crippen LogP contribution in [0, 0.1) is 0 Å². The molecule has 35 heavy (non-hydrogen) atoms. The van der Waals surface area contributed by atoms with Gasteiger partial charge in [0, 0.05) is 37.1 Å². The van der Waals surface area contributed by atoms with Crippen LogP contribution in [0.2, 0.25) is 0 Å². The second-order valence-corrected chi connectivity index (χ2v) is 9.02. The zero-order chi connectivity index (χ0) is 24.1. The molecule has 1 saturated heterocycles. The number of benzene rings is 3. The SMILES string of the molecule is O=C(NCCNC(=O)c1ccc2ccccc2c1)c1ccc(OC2CCC3(CC2)OCCO3)cc1. The lowest BCUT2D eigenvalue weighted by Gasteiger charge is -2.35. The predicted molar refractivity (Wildman–Crippen MR) is 133 cm³/mol. The zero-order valence-corrected chi connectivity index (χ0v) is 19.6. The lowest BCUT2D eigenvalue weighted by atomic mass is 9.92. The van der Waals surface area contributed by atoms with Crippen LogP contribution in [0.5, 0.6) is 5.75 Å². The normalized spacial score (nSPS) is 17.4. The molecule has 1 aliphatic carbocycles. The summed E-state index contributed by atoms with van der Waals surface area (Å²) >= 11 is 0. The number of rotatable bonds is 7. The Kier molecular flexibility index (Phi) is 6.97. The van der Waals surface area contributed by atoms with Gasteiger partial charge in [-0.2, -0.15) is 0 Å². The standard InChI is InChI=1S/C28H30N2O5/c31-26(29-15-16-30-27(32)23-6-5-20-3-1-2-4-22(20)19-23)21-7-9-24(10-8-21)35-25-11-13-28(14-12-25)33-17-18-34-28/h1-10,19,25H,11-18H2,(H,29,31)(H,30,32). The van der Waals surface area contributed by atoms with E-state index in [9.17, 15) is 9.59 Å². The van der Waals surface area contributed by atoms with Crippen LogP contribution in [0.4, 0.5) is 0 Å². The molecule has 1 saturated carbocycles. The molecule has 0 atom stereocenters. The molecule has 7 nitrogen and oxygen atoms in total. The summed E-state index contributed by atoms with van der Waals surface area (Å²) in [6.45, 7) is 2.03. The Morgan fingerprint density at radius 3 is 2.09 bits per heavy atom. The molecule has 0 bridgehead atoms. The second-order valence-electron chi connectivity index (χ2n) is 9.02. The Morgan fingerprint density at radius 1 is 0.800 bits per heavy atom. The maximum Gasteiger partial charge on any atom is 0.251 e. The lowest BCUT2D eigenvalue weighted by Crippen LogP contribution is -2.38. The van der Waals surface area contributed by atoms with Crippen LogP contribution in [-0.4, -0.2) is 50.0 Å². The molecule has 1 heterocycles. The summed E-state index contributed by atoms with van der Waals surface area (Å²) in [6.07, 6.45) is 3.57. The van der Waals surface area contributed by atoms with Crippen LogP contribution in [0.25, 0.3) is 10.8 Å². The summed E-state index contributed by atoms with van der Waals surface area (Å²) in [4.78, 5) is 24.9. The van der Waals surface area contributed by atoms with Gasteiger partial charge < -0.3 is 24.8 Å². The van der Waals surface area contributed by atoms with Gasteiger partial charge in [-0.05, 0) is 60.0 Å². The highest BCUT2D eigenvalue weighted by molar-refractivity contribution is 5.98. The largest absolute Gasteiger partial charge is 0.490 e. The topological polar surface area (TPSA) is 85.9 Å². The molecule has 2 N–H and O–H groups in total. The monoisotopic (exact) mass is 474 g/mol. The van der Waals surface area contributed by atoms with Crippen molar-refractivity contribution in [3.63, 3.8) is 0 Å². The van der Waals surface area contributed by atoms with Crippen LogP contribution >= 0.6 is 0 Å². The van der Waals surface area contributed by atoms with Crippen molar-refractivity contribution in [2.45, 2.75) is 37.6 Å². The van der Waals surface area contributed by atoms with Crippen LogP contribution in [0.1, 0.15) is 46.4 Å². The van der Waals surface area contributed by atoms with Crippen LogP contribution in [0.15, 0.2) is 66.7 Å². The van der Waals surface area contributed by atoms with Gasteiger partial charge in [0.05, 0.1) is 19.3 Å². The van der Waals surface area contributed by atoms with Crippen molar-refractivity contribution in [1.29, 1.82) is 0 Å². The first-order chi connectivity index (χ1) is 17.1. The van der Waals surface area contributed by atoms with Gasteiger partial charge in [0.1, 0.15) is 5.75 Å². The lowest BCUT2D eigenvalue weighted by molar-refractivity contribution is -0.186. The molecule has 2 aliphatic rings. The summed E-state index contributed by atoms with van der Waals surface area (Å²) in [5, 5.41) is 7.80. The van der Waals surface area contributed by atoms with Gasteiger partial charge in [-0.1, -0.05) is 30.3 Å². The summed E-state index contributed by atoms with van der Waals surface area (Å²) in [6, 6.07) is 20.7. The number of fused-ring (bicyclic) bond motifs is 1. The van der Waals surface area contributed by atoms with Crippen molar-refractivity contribution in [3.05, 3.63) is 77.9 Å². The molecule has 5 rings (SSSR count). The summed E-state index contributed by atoms with van der Waals surface area (Å²) in [7, 11) is 0. The van der Waals surface area contributed by atoms with Gasteiger partial charge in [-0.25, -0.2) is 0 Å². The minimum atomic E-state index is -0.392. The third-order valence-corrected chi connectivity index (χ3v) is 6.64. The highest BCUT2D eigenvalue weighted by Gasteiger charge is 2.40. The van der Waals surface area contributed by atoms with Crippen molar-refractivity contribution >= 4 is 22.6 Å². The smallest absolute Gasteiger partial charge is 0.251 e. The minimum Gasteiger partial charge on any atom is -0.490 e. The number of amides is 2. The number of nitrogens with one attached hydrogen (secondary N) is 2. The Balaban J connectivity index is 1.04. The van der Waals surface area contributed by atoms with E-state index in [1.807, 2.05) is 54.6 Å². The maximum absolute atomic E-state index is 12.5. The van der Waals surface area contributed by atoms with Crippen molar-refractivity contribution < 1.29 is 23.8 Å². The number of ether oxygens (including phenoxy) is 3. The molecule has 0 radical (unpaired) electrons. The summed E-state index contributed by atoms with van der Waals surface area (Å²) < 4.78 is 17.6.